The fourth-order valence-electron chi connectivity index (χ4n) is 2.37. The molecule has 1 atom stereocenters. The minimum absolute atomic E-state index is 0.845. The second-order valence-electron chi connectivity index (χ2n) is 4.92. The largest absolute Gasteiger partial charge is 0.337 e. The molecule has 2 rings (SSSR count). The number of rotatable bonds is 7. The first-order valence-corrected chi connectivity index (χ1v) is 6.82. The summed E-state index contributed by atoms with van der Waals surface area (Å²) < 4.78 is 2.14. The number of hydrogen-bond acceptors (Lipinski definition) is 3. The SMILES string of the molecule is c1cn(CCCCNCC2CCCNC2)cn1. The Bertz CT molecular complexity index is 278. The van der Waals surface area contributed by atoms with Crippen molar-refractivity contribution in [1.29, 1.82) is 0 Å². The third-order valence-electron chi connectivity index (χ3n) is 3.41. The molecule has 1 aromatic rings. The van der Waals surface area contributed by atoms with Gasteiger partial charge in [0.15, 0.2) is 0 Å². The molecule has 17 heavy (non-hydrogen) atoms. The fraction of sp³-hybridized carbons (Fsp3) is 0.769. The molecule has 0 aliphatic carbocycles. The van der Waals surface area contributed by atoms with E-state index in [4.69, 9.17) is 0 Å². The number of nitrogens with one attached hydrogen (secondary N) is 2. The van der Waals surface area contributed by atoms with Crippen molar-refractivity contribution < 1.29 is 0 Å². The van der Waals surface area contributed by atoms with Crippen molar-refractivity contribution >= 4 is 0 Å². The Morgan fingerprint density at radius 1 is 1.41 bits per heavy atom. The molecule has 0 bridgehead atoms. The number of nitrogens with zero attached hydrogens (tertiary/aromatic N) is 2. The smallest absolute Gasteiger partial charge is 0.0945 e. The van der Waals surface area contributed by atoms with Gasteiger partial charge >= 0.3 is 0 Å². The Kier molecular flexibility index (Phi) is 5.52. The lowest BCUT2D eigenvalue weighted by atomic mass is 10.00. The second-order valence-corrected chi connectivity index (χ2v) is 4.92. The maximum absolute atomic E-state index is 4.04. The van der Waals surface area contributed by atoms with Crippen LogP contribution in [0, 0.1) is 5.92 Å². The van der Waals surface area contributed by atoms with Gasteiger partial charge in [-0.1, -0.05) is 0 Å². The highest BCUT2D eigenvalue weighted by molar-refractivity contribution is 4.74. The highest BCUT2D eigenvalue weighted by atomic mass is 15.0. The normalized spacial score (nSPS) is 20.6. The summed E-state index contributed by atoms with van der Waals surface area (Å²) in [6.07, 6.45) is 11.0. The van der Waals surface area contributed by atoms with Crippen LogP contribution in [0.1, 0.15) is 25.7 Å². The molecule has 0 spiro atoms. The number of piperidine rings is 1. The predicted molar refractivity (Wildman–Crippen MR) is 69.9 cm³/mol. The van der Waals surface area contributed by atoms with E-state index in [9.17, 15) is 0 Å². The third-order valence-corrected chi connectivity index (χ3v) is 3.41. The summed E-state index contributed by atoms with van der Waals surface area (Å²) in [6, 6.07) is 0. The second kappa shape index (κ2) is 7.45. The van der Waals surface area contributed by atoms with Crippen molar-refractivity contribution in [1.82, 2.24) is 20.2 Å². The van der Waals surface area contributed by atoms with Gasteiger partial charge in [-0.25, -0.2) is 4.98 Å². The minimum Gasteiger partial charge on any atom is -0.337 e. The first kappa shape index (κ1) is 12.6. The predicted octanol–water partition coefficient (Wildman–Crippen LogP) is 1.25. The van der Waals surface area contributed by atoms with E-state index < -0.39 is 0 Å². The van der Waals surface area contributed by atoms with Crippen molar-refractivity contribution in [2.75, 3.05) is 26.2 Å². The van der Waals surface area contributed by atoms with E-state index in [1.807, 2.05) is 18.7 Å². The summed E-state index contributed by atoms with van der Waals surface area (Å²) in [5, 5.41) is 7.03. The number of hydrogen-bond donors (Lipinski definition) is 2. The maximum Gasteiger partial charge on any atom is 0.0945 e. The molecule has 2 N–H and O–H groups in total. The average molecular weight is 236 g/mol. The van der Waals surface area contributed by atoms with Gasteiger partial charge in [0.25, 0.3) is 0 Å². The van der Waals surface area contributed by atoms with Crippen LogP contribution in [0.5, 0.6) is 0 Å². The van der Waals surface area contributed by atoms with Crippen molar-refractivity contribution in [2.24, 2.45) is 5.92 Å². The molecule has 1 fully saturated rings. The van der Waals surface area contributed by atoms with Crippen molar-refractivity contribution in [3.05, 3.63) is 18.7 Å². The van der Waals surface area contributed by atoms with Crippen LogP contribution in [0.25, 0.3) is 0 Å². The van der Waals surface area contributed by atoms with Gasteiger partial charge in [-0.2, -0.15) is 0 Å². The van der Waals surface area contributed by atoms with Crippen LogP contribution in [0.2, 0.25) is 0 Å². The number of aromatic nitrogens is 2. The zero-order chi connectivity index (χ0) is 11.8. The Hall–Kier alpha value is -0.870. The van der Waals surface area contributed by atoms with Crippen molar-refractivity contribution in [3.63, 3.8) is 0 Å². The topological polar surface area (TPSA) is 41.9 Å². The number of unbranched alkanes of at least 4 members (excludes halogenated alkanes) is 1. The lowest BCUT2D eigenvalue weighted by Gasteiger charge is -2.22. The lowest BCUT2D eigenvalue weighted by molar-refractivity contribution is 0.359. The van der Waals surface area contributed by atoms with Gasteiger partial charge in [0.05, 0.1) is 6.33 Å². The highest BCUT2D eigenvalue weighted by Crippen LogP contribution is 2.08. The molecule has 0 saturated carbocycles. The molecule has 4 nitrogen and oxygen atoms in total. The minimum atomic E-state index is 0.845. The monoisotopic (exact) mass is 236 g/mol. The van der Waals surface area contributed by atoms with E-state index in [2.05, 4.69) is 20.2 Å². The molecule has 1 aromatic heterocycles. The van der Waals surface area contributed by atoms with Crippen LogP contribution < -0.4 is 10.6 Å². The van der Waals surface area contributed by atoms with Crippen LogP contribution in [0.15, 0.2) is 18.7 Å². The molecule has 0 aromatic carbocycles. The van der Waals surface area contributed by atoms with E-state index in [1.165, 1.54) is 45.3 Å². The van der Waals surface area contributed by atoms with Gasteiger partial charge in [0, 0.05) is 18.9 Å². The quantitative estimate of drug-likeness (QED) is 0.700. The van der Waals surface area contributed by atoms with E-state index in [0.29, 0.717) is 0 Å². The molecule has 1 aliphatic heterocycles. The standard InChI is InChI=1S/C13H24N4/c1(2-8-17-9-7-16-12-17)5-14-10-13-4-3-6-15-11-13/h7,9,12-15H,1-6,8,10-11H2. The summed E-state index contributed by atoms with van der Waals surface area (Å²) in [5.74, 6) is 0.845. The summed E-state index contributed by atoms with van der Waals surface area (Å²) >= 11 is 0. The van der Waals surface area contributed by atoms with Gasteiger partial charge in [-0.15, -0.1) is 0 Å². The summed E-state index contributed by atoms with van der Waals surface area (Å²) in [5.41, 5.74) is 0. The molecule has 4 heteroatoms. The molecule has 1 unspecified atom stereocenters. The summed E-state index contributed by atoms with van der Waals surface area (Å²) in [6.45, 7) is 5.82. The first-order valence-electron chi connectivity index (χ1n) is 6.82. The molecular formula is C13H24N4. The number of aryl methyl sites for hydroxylation is 1. The van der Waals surface area contributed by atoms with E-state index in [1.54, 1.807) is 0 Å². The van der Waals surface area contributed by atoms with Crippen molar-refractivity contribution in [2.45, 2.75) is 32.2 Å². The third kappa shape index (κ3) is 4.88. The maximum atomic E-state index is 4.04. The molecule has 0 amide bonds. The Morgan fingerprint density at radius 3 is 3.18 bits per heavy atom. The zero-order valence-electron chi connectivity index (χ0n) is 10.6. The van der Waals surface area contributed by atoms with Gasteiger partial charge in [-0.3, -0.25) is 0 Å². The first-order chi connectivity index (χ1) is 8.45. The summed E-state index contributed by atoms with van der Waals surface area (Å²) in [7, 11) is 0. The number of imidazole rings is 1. The molecular weight excluding hydrogens is 212 g/mol. The molecule has 1 aliphatic rings. The average Bonchev–Trinajstić information content (AvgIpc) is 2.88. The summed E-state index contributed by atoms with van der Waals surface area (Å²) in [4.78, 5) is 4.04. The Morgan fingerprint density at radius 2 is 2.41 bits per heavy atom. The Labute approximate surface area is 104 Å². The van der Waals surface area contributed by atoms with Gasteiger partial charge < -0.3 is 15.2 Å². The van der Waals surface area contributed by atoms with Crippen LogP contribution in [0.3, 0.4) is 0 Å². The molecule has 2 heterocycles. The Balaban J connectivity index is 1.43. The van der Waals surface area contributed by atoms with Crippen LogP contribution in [-0.2, 0) is 6.54 Å². The van der Waals surface area contributed by atoms with Crippen LogP contribution >= 0.6 is 0 Å². The van der Waals surface area contributed by atoms with E-state index in [0.717, 1.165) is 19.0 Å². The van der Waals surface area contributed by atoms with E-state index >= 15 is 0 Å². The van der Waals surface area contributed by atoms with Gasteiger partial charge in [-0.05, 0) is 57.8 Å². The highest BCUT2D eigenvalue weighted by Gasteiger charge is 2.11. The van der Waals surface area contributed by atoms with Crippen LogP contribution in [0.4, 0.5) is 0 Å². The zero-order valence-corrected chi connectivity index (χ0v) is 10.6. The van der Waals surface area contributed by atoms with Crippen molar-refractivity contribution in [3.8, 4) is 0 Å². The molecule has 0 radical (unpaired) electrons. The van der Waals surface area contributed by atoms with Gasteiger partial charge in [0.2, 0.25) is 0 Å². The fourth-order valence-corrected chi connectivity index (χ4v) is 2.37. The van der Waals surface area contributed by atoms with Crippen LogP contribution in [-0.4, -0.2) is 35.7 Å². The molecule has 96 valence electrons. The van der Waals surface area contributed by atoms with Gasteiger partial charge in [0.1, 0.15) is 0 Å². The lowest BCUT2D eigenvalue weighted by Crippen LogP contribution is -2.36. The van der Waals surface area contributed by atoms with E-state index in [-0.39, 0.29) is 0 Å². The molecule has 1 saturated heterocycles.